The zero-order chi connectivity index (χ0) is 11.6. The van der Waals surface area contributed by atoms with Crippen LogP contribution < -0.4 is 0 Å². The normalized spacial score (nSPS) is 26.3. The van der Waals surface area contributed by atoms with Gasteiger partial charge in [-0.3, -0.25) is 4.79 Å². The van der Waals surface area contributed by atoms with Crippen molar-refractivity contribution in [1.29, 1.82) is 0 Å². The van der Waals surface area contributed by atoms with E-state index in [1.165, 1.54) is 6.42 Å². The summed E-state index contributed by atoms with van der Waals surface area (Å²) in [5, 5.41) is 19.1. The summed E-state index contributed by atoms with van der Waals surface area (Å²) in [4.78, 5) is 10.7. The second-order valence-electron chi connectivity index (χ2n) is 5.33. The fourth-order valence-electron chi connectivity index (χ4n) is 2.43. The molecule has 0 atom stereocenters. The van der Waals surface area contributed by atoms with E-state index in [0.717, 1.165) is 44.3 Å². The molecule has 2 aliphatic rings. The van der Waals surface area contributed by atoms with E-state index in [9.17, 15) is 9.90 Å². The van der Waals surface area contributed by atoms with Crippen molar-refractivity contribution in [3.05, 3.63) is 0 Å². The maximum Gasteiger partial charge on any atom is 0.304 e. The second-order valence-corrected chi connectivity index (χ2v) is 6.77. The van der Waals surface area contributed by atoms with Gasteiger partial charge in [-0.05, 0) is 25.7 Å². The average molecular weight is 244 g/mol. The summed E-state index contributed by atoms with van der Waals surface area (Å²) in [6.07, 6.45) is 7.50. The predicted molar refractivity (Wildman–Crippen MR) is 64.7 cm³/mol. The van der Waals surface area contributed by atoms with Crippen molar-refractivity contribution in [2.45, 2.75) is 61.7 Å². The zero-order valence-electron chi connectivity index (χ0n) is 9.57. The molecule has 2 N–H and O–H groups in total. The van der Waals surface area contributed by atoms with Crippen LogP contribution in [-0.4, -0.2) is 32.3 Å². The van der Waals surface area contributed by atoms with Crippen LogP contribution in [0.15, 0.2) is 0 Å². The van der Waals surface area contributed by atoms with Gasteiger partial charge in [0.05, 0.1) is 12.0 Å². The summed E-state index contributed by atoms with van der Waals surface area (Å²) < 4.78 is -0.0426. The van der Waals surface area contributed by atoms with Gasteiger partial charge < -0.3 is 10.2 Å². The van der Waals surface area contributed by atoms with E-state index < -0.39 is 11.6 Å². The molecule has 0 bridgehead atoms. The Hall–Kier alpha value is -0.220. The minimum atomic E-state index is -0.708. The molecule has 0 heterocycles. The fraction of sp³-hybridized carbons (Fsp3) is 0.917. The Labute approximate surface area is 101 Å². The van der Waals surface area contributed by atoms with E-state index >= 15 is 0 Å². The van der Waals surface area contributed by atoms with Gasteiger partial charge in [-0.1, -0.05) is 19.3 Å². The summed E-state index contributed by atoms with van der Waals surface area (Å²) in [5.74, 6) is 0.0148. The lowest BCUT2D eigenvalue weighted by molar-refractivity contribution is -0.137. The van der Waals surface area contributed by atoms with Crippen LogP contribution in [0.1, 0.15) is 51.4 Å². The van der Waals surface area contributed by atoms with E-state index in [4.69, 9.17) is 5.11 Å². The molecule has 4 heteroatoms. The summed E-state index contributed by atoms with van der Waals surface area (Å²) >= 11 is 1.69. The van der Waals surface area contributed by atoms with Gasteiger partial charge in [0, 0.05) is 10.5 Å². The molecule has 0 aliphatic heterocycles. The highest BCUT2D eigenvalue weighted by molar-refractivity contribution is 8.01. The number of aliphatic carboxylic acids is 1. The number of carbonyl (C=O) groups is 1. The lowest BCUT2D eigenvalue weighted by atomic mass is 9.86. The van der Waals surface area contributed by atoms with E-state index in [0.29, 0.717) is 0 Å². The van der Waals surface area contributed by atoms with Crippen LogP contribution in [-0.2, 0) is 4.79 Å². The molecule has 0 amide bonds. The van der Waals surface area contributed by atoms with Gasteiger partial charge in [-0.2, -0.15) is 11.8 Å². The van der Waals surface area contributed by atoms with Crippen molar-refractivity contribution in [2.75, 3.05) is 5.75 Å². The van der Waals surface area contributed by atoms with Gasteiger partial charge in [0.15, 0.2) is 0 Å². The molecule has 0 saturated heterocycles. The minimum absolute atomic E-state index is 0.0426. The minimum Gasteiger partial charge on any atom is -0.481 e. The smallest absolute Gasteiger partial charge is 0.304 e. The van der Waals surface area contributed by atoms with Crippen molar-refractivity contribution >= 4 is 17.7 Å². The highest BCUT2D eigenvalue weighted by Crippen LogP contribution is 2.52. The first kappa shape index (κ1) is 12.2. The first-order valence-electron chi connectivity index (χ1n) is 6.12. The quantitative estimate of drug-likeness (QED) is 0.780. The van der Waals surface area contributed by atoms with Crippen LogP contribution in [0.2, 0.25) is 0 Å². The third-order valence-corrected chi connectivity index (χ3v) is 5.56. The monoisotopic (exact) mass is 244 g/mol. The van der Waals surface area contributed by atoms with E-state index in [1.54, 1.807) is 11.8 Å². The Balaban J connectivity index is 1.80. The first-order chi connectivity index (χ1) is 7.54. The molecule has 3 nitrogen and oxygen atoms in total. The lowest BCUT2D eigenvalue weighted by Gasteiger charge is -2.32. The molecule has 16 heavy (non-hydrogen) atoms. The molecule has 0 radical (unpaired) electrons. The Kier molecular flexibility index (Phi) is 3.50. The number of thioether (sulfide) groups is 1. The third kappa shape index (κ3) is 3.14. The van der Waals surface area contributed by atoms with Crippen LogP contribution in [0.5, 0.6) is 0 Å². The highest BCUT2D eigenvalue weighted by atomic mass is 32.2. The van der Waals surface area contributed by atoms with Crippen LogP contribution in [0.4, 0.5) is 0 Å². The third-order valence-electron chi connectivity index (χ3n) is 3.71. The van der Waals surface area contributed by atoms with Crippen LogP contribution in [0.3, 0.4) is 0 Å². The number of hydrogen-bond donors (Lipinski definition) is 2. The van der Waals surface area contributed by atoms with Gasteiger partial charge in [0.2, 0.25) is 0 Å². The van der Waals surface area contributed by atoms with Gasteiger partial charge in [0.25, 0.3) is 0 Å². The highest BCUT2D eigenvalue weighted by Gasteiger charge is 2.46. The van der Waals surface area contributed by atoms with E-state index in [1.807, 2.05) is 0 Å². The molecule has 0 aromatic heterocycles. The average Bonchev–Trinajstić information content (AvgIpc) is 2.96. The second kappa shape index (κ2) is 4.57. The van der Waals surface area contributed by atoms with Crippen LogP contribution >= 0.6 is 11.8 Å². The predicted octanol–water partition coefficient (Wildman–Crippen LogP) is 2.42. The zero-order valence-corrected chi connectivity index (χ0v) is 10.4. The summed E-state index contributed by atoms with van der Waals surface area (Å²) in [6.45, 7) is 0. The van der Waals surface area contributed by atoms with Crippen molar-refractivity contribution < 1.29 is 15.0 Å². The summed E-state index contributed by atoms with van der Waals surface area (Å²) in [6, 6.07) is 0. The summed E-state index contributed by atoms with van der Waals surface area (Å²) in [5.41, 5.74) is -0.517. The molecule has 2 aliphatic carbocycles. The number of hydrogen-bond acceptors (Lipinski definition) is 3. The Morgan fingerprint density at radius 3 is 2.25 bits per heavy atom. The van der Waals surface area contributed by atoms with Gasteiger partial charge in [-0.15, -0.1) is 0 Å². The van der Waals surface area contributed by atoms with Crippen molar-refractivity contribution in [3.8, 4) is 0 Å². The van der Waals surface area contributed by atoms with Gasteiger partial charge in [0.1, 0.15) is 0 Å². The molecule has 0 spiro atoms. The van der Waals surface area contributed by atoms with Crippen molar-refractivity contribution in [1.82, 2.24) is 0 Å². The molecule has 0 aromatic rings. The molecule has 2 fully saturated rings. The number of carboxylic acid groups (broad SMARTS) is 1. The van der Waals surface area contributed by atoms with Crippen LogP contribution in [0.25, 0.3) is 0 Å². The van der Waals surface area contributed by atoms with Crippen molar-refractivity contribution in [2.24, 2.45) is 0 Å². The van der Waals surface area contributed by atoms with Crippen LogP contribution in [0, 0.1) is 0 Å². The fourth-order valence-corrected chi connectivity index (χ4v) is 3.91. The molecule has 2 rings (SSSR count). The van der Waals surface area contributed by atoms with Gasteiger partial charge in [-0.25, -0.2) is 0 Å². The standard InChI is InChI=1S/C12H20O3S/c13-10(14)8-12(6-7-12)16-9-11(15)4-2-1-3-5-11/h15H,1-9H2,(H,13,14). The number of carboxylic acids is 1. The number of rotatable bonds is 5. The SMILES string of the molecule is O=C(O)CC1(SCC2(O)CCCCC2)CC1. The largest absolute Gasteiger partial charge is 0.481 e. The Bertz CT molecular complexity index is 267. The van der Waals surface area contributed by atoms with E-state index in [-0.39, 0.29) is 11.2 Å². The summed E-state index contributed by atoms with van der Waals surface area (Å²) in [7, 11) is 0. The Morgan fingerprint density at radius 1 is 1.12 bits per heavy atom. The maximum atomic E-state index is 10.7. The number of aliphatic hydroxyl groups is 1. The molecule has 2 saturated carbocycles. The van der Waals surface area contributed by atoms with Crippen molar-refractivity contribution in [3.63, 3.8) is 0 Å². The molecular formula is C12H20O3S. The molecule has 0 unspecified atom stereocenters. The van der Waals surface area contributed by atoms with E-state index in [2.05, 4.69) is 0 Å². The first-order valence-corrected chi connectivity index (χ1v) is 7.10. The molecule has 92 valence electrons. The molecule has 0 aromatic carbocycles. The van der Waals surface area contributed by atoms with Gasteiger partial charge >= 0.3 is 5.97 Å². The maximum absolute atomic E-state index is 10.7. The lowest BCUT2D eigenvalue weighted by Crippen LogP contribution is -2.35. The Morgan fingerprint density at radius 2 is 1.75 bits per heavy atom. The molecular weight excluding hydrogens is 224 g/mol. The topological polar surface area (TPSA) is 57.5 Å².